The number of aryl methyl sites for hydroxylation is 1. The van der Waals surface area contributed by atoms with Gasteiger partial charge in [-0.2, -0.15) is 5.10 Å². The molecule has 0 fully saturated rings. The van der Waals surface area contributed by atoms with Crippen LogP contribution in [0.1, 0.15) is 57.9 Å². The molecule has 0 bridgehead atoms. The van der Waals surface area contributed by atoms with E-state index in [4.69, 9.17) is 4.74 Å². The summed E-state index contributed by atoms with van der Waals surface area (Å²) in [6.45, 7) is 11.6. The Morgan fingerprint density at radius 2 is 1.88 bits per heavy atom. The molecule has 0 aliphatic heterocycles. The van der Waals surface area contributed by atoms with Crippen molar-refractivity contribution in [1.29, 1.82) is 0 Å². The summed E-state index contributed by atoms with van der Waals surface area (Å²) in [6.07, 6.45) is 1.58. The third-order valence-electron chi connectivity index (χ3n) is 4.27. The van der Waals surface area contributed by atoms with Crippen molar-refractivity contribution in [3.63, 3.8) is 0 Å². The molecular weight excluding hydrogens is 330 g/mol. The molecule has 3 aromatic rings. The summed E-state index contributed by atoms with van der Waals surface area (Å²) in [6, 6.07) is 8.07. The first-order chi connectivity index (χ1) is 12.4. The molecule has 2 heterocycles. The summed E-state index contributed by atoms with van der Waals surface area (Å²) in [5.41, 5.74) is 1.40. The third kappa shape index (κ3) is 3.89. The van der Waals surface area contributed by atoms with Crippen LogP contribution in [0, 0.1) is 0 Å². The van der Waals surface area contributed by atoms with Crippen LogP contribution in [0.25, 0.3) is 0 Å². The van der Waals surface area contributed by atoms with Crippen molar-refractivity contribution < 1.29 is 4.74 Å². The highest BCUT2D eigenvalue weighted by atomic mass is 16.5. The summed E-state index contributed by atoms with van der Waals surface area (Å²) in [5, 5.41) is 15.8. The first kappa shape index (κ1) is 18.0. The first-order valence-electron chi connectivity index (χ1n) is 8.78. The van der Waals surface area contributed by atoms with Gasteiger partial charge in [-0.25, -0.2) is 14.3 Å². The lowest BCUT2D eigenvalue weighted by Crippen LogP contribution is -2.14. The summed E-state index contributed by atoms with van der Waals surface area (Å²) < 4.78 is 9.37. The van der Waals surface area contributed by atoms with Crippen LogP contribution in [-0.4, -0.2) is 35.0 Å². The second-order valence-electron chi connectivity index (χ2n) is 7.23. The van der Waals surface area contributed by atoms with Gasteiger partial charge in [0.05, 0.1) is 0 Å². The van der Waals surface area contributed by atoms with E-state index < -0.39 is 0 Å². The number of hydrogen-bond acceptors (Lipinski definition) is 6. The summed E-state index contributed by atoms with van der Waals surface area (Å²) in [5.74, 6) is 2.25. The fraction of sp³-hybridized carbons (Fsp3) is 0.500. The predicted molar refractivity (Wildman–Crippen MR) is 96.8 cm³/mol. The van der Waals surface area contributed by atoms with Gasteiger partial charge in [-0.05, 0) is 47.4 Å². The largest absolute Gasteiger partial charge is 0.486 e. The Hall–Kier alpha value is -2.77. The van der Waals surface area contributed by atoms with Crippen molar-refractivity contribution in [3.8, 4) is 5.75 Å². The van der Waals surface area contributed by atoms with Crippen molar-refractivity contribution in [2.45, 2.75) is 59.2 Å². The average Bonchev–Trinajstić information content (AvgIpc) is 3.28. The van der Waals surface area contributed by atoms with E-state index >= 15 is 0 Å². The zero-order chi connectivity index (χ0) is 18.7. The van der Waals surface area contributed by atoms with Crippen LogP contribution in [0.2, 0.25) is 0 Å². The molecule has 0 radical (unpaired) electrons. The van der Waals surface area contributed by atoms with Crippen LogP contribution in [0.4, 0.5) is 0 Å². The van der Waals surface area contributed by atoms with Crippen molar-refractivity contribution in [3.05, 3.63) is 47.8 Å². The first-order valence-corrected chi connectivity index (χ1v) is 8.78. The standard InChI is InChI=1S/C18H25N7O/c1-6-24-17(13(2)25-12-19-22-23-25)20-16(21-24)11-26-15-9-7-14(8-10-15)18(3,4)5/h7-10,12-13H,6,11H2,1-5H3/t13-/m0/s1. The normalized spacial score (nSPS) is 13.0. The molecule has 0 unspecified atom stereocenters. The second kappa shape index (κ2) is 7.23. The maximum atomic E-state index is 5.86. The summed E-state index contributed by atoms with van der Waals surface area (Å²) in [7, 11) is 0. The molecule has 0 amide bonds. The number of rotatable bonds is 6. The zero-order valence-electron chi connectivity index (χ0n) is 15.9. The van der Waals surface area contributed by atoms with E-state index in [0.29, 0.717) is 12.4 Å². The lowest BCUT2D eigenvalue weighted by atomic mass is 9.87. The molecule has 0 aliphatic carbocycles. The van der Waals surface area contributed by atoms with Crippen LogP contribution < -0.4 is 4.74 Å². The van der Waals surface area contributed by atoms with Gasteiger partial charge in [0, 0.05) is 6.54 Å². The number of benzene rings is 1. The fourth-order valence-corrected chi connectivity index (χ4v) is 2.67. The summed E-state index contributed by atoms with van der Waals surface area (Å²) in [4.78, 5) is 4.62. The minimum atomic E-state index is -0.0998. The molecule has 0 aliphatic rings. The van der Waals surface area contributed by atoms with Crippen LogP contribution in [-0.2, 0) is 18.6 Å². The molecule has 8 nitrogen and oxygen atoms in total. The van der Waals surface area contributed by atoms with E-state index in [-0.39, 0.29) is 11.5 Å². The molecular formula is C18H25N7O. The molecule has 0 N–H and O–H groups in total. The van der Waals surface area contributed by atoms with Gasteiger partial charge in [0.15, 0.2) is 11.6 Å². The lowest BCUT2D eigenvalue weighted by molar-refractivity contribution is 0.295. The van der Waals surface area contributed by atoms with Gasteiger partial charge in [0.1, 0.15) is 24.7 Å². The van der Waals surface area contributed by atoms with Crippen molar-refractivity contribution in [2.24, 2.45) is 0 Å². The maximum Gasteiger partial charge on any atom is 0.188 e. The molecule has 0 spiro atoms. The zero-order valence-corrected chi connectivity index (χ0v) is 15.9. The molecule has 1 atom stereocenters. The summed E-state index contributed by atoms with van der Waals surface area (Å²) >= 11 is 0. The Kier molecular flexibility index (Phi) is 5.01. The van der Waals surface area contributed by atoms with Crippen molar-refractivity contribution in [1.82, 2.24) is 35.0 Å². The minimum absolute atomic E-state index is 0.0998. The molecule has 1 aromatic carbocycles. The number of tetrazole rings is 1. The molecule has 26 heavy (non-hydrogen) atoms. The predicted octanol–water partition coefficient (Wildman–Crippen LogP) is 2.77. The Morgan fingerprint density at radius 1 is 1.15 bits per heavy atom. The Bertz CT molecular complexity index is 832. The van der Waals surface area contributed by atoms with Gasteiger partial charge in [-0.1, -0.05) is 32.9 Å². The van der Waals surface area contributed by atoms with E-state index in [1.807, 2.05) is 30.7 Å². The topological polar surface area (TPSA) is 83.5 Å². The van der Waals surface area contributed by atoms with Gasteiger partial charge in [0.2, 0.25) is 0 Å². The van der Waals surface area contributed by atoms with Gasteiger partial charge in [0.25, 0.3) is 0 Å². The SMILES string of the molecule is CCn1nc(COc2ccc(C(C)(C)C)cc2)nc1[C@H](C)n1cnnn1. The molecule has 8 heteroatoms. The van der Waals surface area contributed by atoms with Gasteiger partial charge >= 0.3 is 0 Å². The van der Waals surface area contributed by atoms with Crippen LogP contribution in [0.5, 0.6) is 5.75 Å². The number of ether oxygens (including phenoxy) is 1. The number of nitrogens with zero attached hydrogens (tertiary/aromatic N) is 7. The Balaban J connectivity index is 1.71. The quantitative estimate of drug-likeness (QED) is 0.676. The van der Waals surface area contributed by atoms with Gasteiger partial charge in [-0.15, -0.1) is 5.10 Å². The molecule has 2 aromatic heterocycles. The van der Waals surface area contributed by atoms with E-state index in [1.165, 1.54) is 5.56 Å². The van der Waals surface area contributed by atoms with E-state index in [9.17, 15) is 0 Å². The minimum Gasteiger partial charge on any atom is -0.486 e. The molecule has 138 valence electrons. The van der Waals surface area contributed by atoms with Gasteiger partial charge < -0.3 is 4.74 Å². The van der Waals surface area contributed by atoms with E-state index in [0.717, 1.165) is 18.1 Å². The number of aromatic nitrogens is 7. The smallest absolute Gasteiger partial charge is 0.188 e. The van der Waals surface area contributed by atoms with Gasteiger partial charge in [-0.3, -0.25) is 0 Å². The molecule has 0 saturated carbocycles. The Morgan fingerprint density at radius 3 is 2.46 bits per heavy atom. The fourth-order valence-electron chi connectivity index (χ4n) is 2.67. The highest BCUT2D eigenvalue weighted by Crippen LogP contribution is 2.24. The van der Waals surface area contributed by atoms with Crippen LogP contribution >= 0.6 is 0 Å². The molecule has 3 rings (SSSR count). The van der Waals surface area contributed by atoms with E-state index in [2.05, 4.69) is 58.5 Å². The second-order valence-corrected chi connectivity index (χ2v) is 7.23. The Labute approximate surface area is 153 Å². The lowest BCUT2D eigenvalue weighted by Gasteiger charge is -2.19. The van der Waals surface area contributed by atoms with Crippen LogP contribution in [0.3, 0.4) is 0 Å². The van der Waals surface area contributed by atoms with Crippen LogP contribution in [0.15, 0.2) is 30.6 Å². The monoisotopic (exact) mass is 355 g/mol. The highest BCUT2D eigenvalue weighted by Gasteiger charge is 2.18. The third-order valence-corrected chi connectivity index (χ3v) is 4.27. The molecule has 0 saturated heterocycles. The van der Waals surface area contributed by atoms with E-state index in [1.54, 1.807) is 11.0 Å². The van der Waals surface area contributed by atoms with Crippen molar-refractivity contribution in [2.75, 3.05) is 0 Å². The maximum absolute atomic E-state index is 5.86. The van der Waals surface area contributed by atoms with Crippen molar-refractivity contribution >= 4 is 0 Å². The average molecular weight is 355 g/mol. The number of hydrogen-bond donors (Lipinski definition) is 0. The highest BCUT2D eigenvalue weighted by molar-refractivity contribution is 5.31.